The highest BCUT2D eigenvalue weighted by Gasteiger charge is 2.29. The summed E-state index contributed by atoms with van der Waals surface area (Å²) in [5.41, 5.74) is -1.14. The molecule has 0 aliphatic carbocycles. The van der Waals surface area contributed by atoms with Gasteiger partial charge in [0.2, 0.25) is 5.82 Å². The third kappa shape index (κ3) is 3.52. The Morgan fingerprint density at radius 1 is 0.657 bits per heavy atom. The topological polar surface area (TPSA) is 55.1 Å². The second kappa shape index (κ2) is 8.35. The normalized spacial score (nSPS) is 11.2. The zero-order chi connectivity index (χ0) is 24.9. The summed E-state index contributed by atoms with van der Waals surface area (Å²) in [5.74, 6) is -11.2. The van der Waals surface area contributed by atoms with E-state index in [9.17, 15) is 31.9 Å². The molecule has 0 spiro atoms. The second-order valence-corrected chi connectivity index (χ2v) is 7.63. The lowest BCUT2D eigenvalue weighted by Crippen LogP contribution is -2.25. The van der Waals surface area contributed by atoms with Crippen molar-refractivity contribution in [2.24, 2.45) is 0 Å². The van der Waals surface area contributed by atoms with Crippen molar-refractivity contribution in [2.75, 3.05) is 0 Å². The maximum absolute atomic E-state index is 14.6. The first-order valence-electron chi connectivity index (χ1n) is 10.2. The maximum Gasteiger partial charge on any atom is 0.279 e. The zero-order valence-electron chi connectivity index (χ0n) is 17.6. The minimum Gasteiger partial charge on any atom is -0.507 e. The van der Waals surface area contributed by atoms with Crippen LogP contribution >= 0.6 is 0 Å². The van der Waals surface area contributed by atoms with Gasteiger partial charge >= 0.3 is 0 Å². The minimum absolute atomic E-state index is 0.0290. The molecule has 0 aliphatic rings. The molecule has 9 heteroatoms. The van der Waals surface area contributed by atoms with E-state index in [0.29, 0.717) is 16.7 Å². The fourth-order valence-electron chi connectivity index (χ4n) is 3.87. The molecule has 0 unspecified atom stereocenters. The Kier molecular flexibility index (Phi) is 5.32. The Hall–Kier alpha value is -4.53. The highest BCUT2D eigenvalue weighted by atomic mass is 19.2. The number of aromatic hydroxyl groups is 1. The lowest BCUT2D eigenvalue weighted by molar-refractivity contribution is 0.373. The molecule has 1 aromatic heterocycles. The van der Waals surface area contributed by atoms with E-state index in [-0.39, 0.29) is 26.9 Å². The lowest BCUT2D eigenvalue weighted by Gasteiger charge is -2.14. The number of rotatable bonds is 3. The van der Waals surface area contributed by atoms with Gasteiger partial charge in [0, 0.05) is 16.5 Å². The smallest absolute Gasteiger partial charge is 0.279 e. The molecule has 4 aromatic carbocycles. The van der Waals surface area contributed by atoms with Crippen LogP contribution in [0.1, 0.15) is 0 Å². The van der Waals surface area contributed by atoms with E-state index >= 15 is 0 Å². The number of hydrogen-bond donors (Lipinski definition) is 1. The van der Waals surface area contributed by atoms with E-state index < -0.39 is 40.3 Å². The van der Waals surface area contributed by atoms with Crippen LogP contribution in [0, 0.1) is 29.1 Å². The van der Waals surface area contributed by atoms with Crippen molar-refractivity contribution < 1.29 is 27.1 Å². The molecule has 35 heavy (non-hydrogen) atoms. The van der Waals surface area contributed by atoms with Crippen LogP contribution in [0.4, 0.5) is 22.0 Å². The number of phenolic OH excluding ortho intramolecular Hbond substituents is 1. The first-order chi connectivity index (χ1) is 16.8. The van der Waals surface area contributed by atoms with Gasteiger partial charge in [0.1, 0.15) is 11.4 Å². The summed E-state index contributed by atoms with van der Waals surface area (Å²) in [4.78, 5) is 13.1. The predicted octanol–water partition coefficient (Wildman–Crippen LogP) is 6.12. The van der Waals surface area contributed by atoms with Gasteiger partial charge in [-0.15, -0.1) is 0 Å². The molecule has 0 atom stereocenters. The van der Waals surface area contributed by atoms with Crippen LogP contribution in [-0.2, 0) is 0 Å². The number of aromatic nitrogens is 2. The number of benzene rings is 4. The Labute approximate surface area is 194 Å². The highest BCUT2D eigenvalue weighted by Crippen LogP contribution is 2.35. The number of nitrogens with zero attached hydrogens (tertiary/aromatic N) is 2. The van der Waals surface area contributed by atoms with Crippen molar-refractivity contribution in [1.29, 1.82) is 0 Å². The molecule has 4 nitrogen and oxygen atoms in total. The van der Waals surface area contributed by atoms with Crippen LogP contribution in [0.2, 0.25) is 0 Å². The lowest BCUT2D eigenvalue weighted by atomic mass is 9.98. The molecule has 0 aliphatic heterocycles. The molecular weight excluding hydrogens is 467 g/mol. The number of halogens is 5. The minimum atomic E-state index is -2.34. The standard InChI is InChI=1S/C26H13F5N2O2/c27-19-20(28)22(30)25(23(31)21(19)29)33-26(35)16-9-5-4-8-15(16)24(32-33)14-10-11-18(34)17(12-14)13-6-2-1-3-7-13/h1-12,34H. The third-order valence-corrected chi connectivity index (χ3v) is 5.56. The Bertz CT molecular complexity index is 1650. The van der Waals surface area contributed by atoms with E-state index in [4.69, 9.17) is 0 Å². The highest BCUT2D eigenvalue weighted by molar-refractivity contribution is 5.95. The quantitative estimate of drug-likeness (QED) is 0.192. The van der Waals surface area contributed by atoms with Crippen LogP contribution in [-0.4, -0.2) is 14.9 Å². The van der Waals surface area contributed by atoms with Gasteiger partial charge < -0.3 is 5.11 Å². The number of hydrogen-bond acceptors (Lipinski definition) is 3. The summed E-state index contributed by atoms with van der Waals surface area (Å²) >= 11 is 0. The van der Waals surface area contributed by atoms with Gasteiger partial charge in [-0.1, -0.05) is 48.5 Å². The van der Waals surface area contributed by atoms with E-state index in [1.54, 1.807) is 42.5 Å². The van der Waals surface area contributed by atoms with E-state index in [1.165, 1.54) is 30.3 Å². The fourth-order valence-corrected chi connectivity index (χ4v) is 3.87. The molecule has 1 N–H and O–H groups in total. The van der Waals surface area contributed by atoms with Gasteiger partial charge in [-0.2, -0.15) is 9.78 Å². The van der Waals surface area contributed by atoms with Gasteiger partial charge in [-0.05, 0) is 29.8 Å². The molecule has 0 radical (unpaired) electrons. The van der Waals surface area contributed by atoms with E-state index in [1.807, 2.05) is 0 Å². The molecule has 0 bridgehead atoms. The first-order valence-corrected chi connectivity index (χ1v) is 10.2. The summed E-state index contributed by atoms with van der Waals surface area (Å²) in [5, 5.41) is 14.6. The van der Waals surface area contributed by atoms with Crippen molar-refractivity contribution >= 4 is 10.8 Å². The molecule has 5 aromatic rings. The average Bonchev–Trinajstić information content (AvgIpc) is 2.88. The van der Waals surface area contributed by atoms with Crippen LogP contribution < -0.4 is 5.56 Å². The average molecular weight is 480 g/mol. The summed E-state index contributed by atoms with van der Waals surface area (Å²) in [7, 11) is 0. The maximum atomic E-state index is 14.6. The molecule has 1 heterocycles. The summed E-state index contributed by atoms with van der Waals surface area (Å²) in [6.45, 7) is 0. The van der Waals surface area contributed by atoms with E-state index in [0.717, 1.165) is 0 Å². The van der Waals surface area contributed by atoms with Gasteiger partial charge in [-0.25, -0.2) is 22.0 Å². The van der Waals surface area contributed by atoms with Gasteiger partial charge in [0.25, 0.3) is 5.56 Å². The molecule has 0 fully saturated rings. The van der Waals surface area contributed by atoms with Crippen molar-refractivity contribution in [3.05, 3.63) is 112 Å². The van der Waals surface area contributed by atoms with Crippen LogP contribution in [0.15, 0.2) is 77.6 Å². The number of fused-ring (bicyclic) bond motifs is 1. The van der Waals surface area contributed by atoms with Crippen LogP contribution in [0.5, 0.6) is 5.75 Å². The van der Waals surface area contributed by atoms with Gasteiger partial charge in [-0.3, -0.25) is 4.79 Å². The third-order valence-electron chi connectivity index (χ3n) is 5.56. The molecule has 0 amide bonds. The number of phenols is 1. The molecule has 5 rings (SSSR count). The largest absolute Gasteiger partial charge is 0.507 e. The zero-order valence-corrected chi connectivity index (χ0v) is 17.6. The monoisotopic (exact) mass is 480 g/mol. The fraction of sp³-hybridized carbons (Fsp3) is 0. The van der Waals surface area contributed by atoms with Crippen LogP contribution in [0.25, 0.3) is 38.8 Å². The predicted molar refractivity (Wildman–Crippen MR) is 120 cm³/mol. The summed E-state index contributed by atoms with van der Waals surface area (Å²) in [6.07, 6.45) is 0. The molecule has 0 saturated heterocycles. The van der Waals surface area contributed by atoms with Crippen molar-refractivity contribution in [3.8, 4) is 33.8 Å². The molecule has 0 saturated carbocycles. The van der Waals surface area contributed by atoms with Gasteiger partial charge in [0.05, 0.1) is 11.1 Å². The summed E-state index contributed by atoms with van der Waals surface area (Å²) < 4.78 is 70.8. The molecule has 174 valence electrons. The first kappa shape index (κ1) is 22.3. The van der Waals surface area contributed by atoms with Crippen molar-refractivity contribution in [1.82, 2.24) is 9.78 Å². The van der Waals surface area contributed by atoms with Gasteiger partial charge in [0.15, 0.2) is 23.3 Å². The SMILES string of the molecule is O=c1c2ccccc2c(-c2ccc(O)c(-c3ccccc3)c2)nn1-c1c(F)c(F)c(F)c(F)c1F. The Balaban J connectivity index is 1.85. The van der Waals surface area contributed by atoms with Crippen molar-refractivity contribution in [2.45, 2.75) is 0 Å². The Morgan fingerprint density at radius 2 is 1.23 bits per heavy atom. The van der Waals surface area contributed by atoms with Crippen molar-refractivity contribution in [3.63, 3.8) is 0 Å². The molecular formula is C26H13F5N2O2. The van der Waals surface area contributed by atoms with Crippen LogP contribution in [0.3, 0.4) is 0 Å². The Morgan fingerprint density at radius 3 is 1.89 bits per heavy atom. The van der Waals surface area contributed by atoms with E-state index in [2.05, 4.69) is 5.10 Å². The summed E-state index contributed by atoms with van der Waals surface area (Å²) in [6, 6.07) is 19.2. The second-order valence-electron chi connectivity index (χ2n) is 7.63.